The summed E-state index contributed by atoms with van der Waals surface area (Å²) < 4.78 is 0. The zero-order chi connectivity index (χ0) is 14.6. The molecule has 1 aromatic rings. The summed E-state index contributed by atoms with van der Waals surface area (Å²) in [6.07, 6.45) is 0. The number of primary amides is 1. The zero-order valence-electron chi connectivity index (χ0n) is 10.2. The summed E-state index contributed by atoms with van der Waals surface area (Å²) in [5, 5.41) is 8.97. The molecule has 0 unspecified atom stereocenters. The Morgan fingerprint density at radius 3 is 2.47 bits per heavy atom. The van der Waals surface area contributed by atoms with Crippen molar-refractivity contribution in [1.82, 2.24) is 4.90 Å². The topological polar surface area (TPSA) is 101 Å². The lowest BCUT2D eigenvalue weighted by molar-refractivity contribution is -0.138. The predicted molar refractivity (Wildman–Crippen MR) is 68.9 cm³/mol. The SMILES string of the molecule is Cc1cccc(C(=O)N(CC(N)=O)CC(=O)O)c1Cl. The van der Waals surface area contributed by atoms with Gasteiger partial charge in [0.2, 0.25) is 5.91 Å². The van der Waals surface area contributed by atoms with Crippen molar-refractivity contribution in [3.05, 3.63) is 34.3 Å². The molecule has 7 heteroatoms. The number of carboxylic acid groups (broad SMARTS) is 1. The first-order valence-electron chi connectivity index (χ1n) is 5.37. The fourth-order valence-corrected chi connectivity index (χ4v) is 1.74. The number of carboxylic acids is 1. The molecular formula is C12H13ClN2O4. The quantitative estimate of drug-likeness (QED) is 0.829. The van der Waals surface area contributed by atoms with Gasteiger partial charge in [-0.15, -0.1) is 0 Å². The van der Waals surface area contributed by atoms with Crippen molar-refractivity contribution in [3.8, 4) is 0 Å². The van der Waals surface area contributed by atoms with Crippen LogP contribution in [0.2, 0.25) is 5.02 Å². The van der Waals surface area contributed by atoms with Crippen LogP contribution in [0.1, 0.15) is 15.9 Å². The smallest absolute Gasteiger partial charge is 0.323 e. The zero-order valence-corrected chi connectivity index (χ0v) is 11.0. The van der Waals surface area contributed by atoms with E-state index in [9.17, 15) is 14.4 Å². The fourth-order valence-electron chi connectivity index (χ4n) is 1.53. The van der Waals surface area contributed by atoms with Gasteiger partial charge in [0.25, 0.3) is 5.91 Å². The van der Waals surface area contributed by atoms with Gasteiger partial charge in [0, 0.05) is 0 Å². The third kappa shape index (κ3) is 3.96. The molecule has 0 radical (unpaired) electrons. The molecule has 3 N–H and O–H groups in total. The van der Waals surface area contributed by atoms with E-state index in [0.717, 1.165) is 4.90 Å². The number of aliphatic carboxylic acids is 1. The third-order valence-corrected chi connectivity index (χ3v) is 2.88. The first-order chi connectivity index (χ1) is 8.82. The number of halogens is 1. The van der Waals surface area contributed by atoms with Crippen molar-refractivity contribution in [1.29, 1.82) is 0 Å². The van der Waals surface area contributed by atoms with E-state index < -0.39 is 30.9 Å². The van der Waals surface area contributed by atoms with Crippen molar-refractivity contribution in [2.24, 2.45) is 5.73 Å². The van der Waals surface area contributed by atoms with Crippen LogP contribution in [0, 0.1) is 6.92 Å². The first kappa shape index (κ1) is 15.0. The number of amides is 2. The van der Waals surface area contributed by atoms with Crippen LogP contribution in [0.3, 0.4) is 0 Å². The second-order valence-corrected chi connectivity index (χ2v) is 4.34. The summed E-state index contributed by atoms with van der Waals surface area (Å²) in [5.74, 6) is -2.67. The molecule has 1 aromatic carbocycles. The summed E-state index contributed by atoms with van der Waals surface area (Å²) in [7, 11) is 0. The lowest BCUT2D eigenvalue weighted by Gasteiger charge is -2.19. The molecule has 19 heavy (non-hydrogen) atoms. The van der Waals surface area contributed by atoms with Gasteiger partial charge in [-0.1, -0.05) is 23.7 Å². The van der Waals surface area contributed by atoms with Crippen LogP contribution in [0.4, 0.5) is 0 Å². The van der Waals surface area contributed by atoms with Gasteiger partial charge in [0.05, 0.1) is 10.6 Å². The Bertz CT molecular complexity index is 514. The maximum atomic E-state index is 12.2. The molecule has 102 valence electrons. The molecule has 0 aromatic heterocycles. The number of carbonyl (C=O) groups excluding carboxylic acids is 2. The summed E-state index contributed by atoms with van der Waals surface area (Å²) >= 11 is 5.99. The highest BCUT2D eigenvalue weighted by Crippen LogP contribution is 2.21. The number of hydrogen-bond acceptors (Lipinski definition) is 3. The minimum Gasteiger partial charge on any atom is -0.480 e. The summed E-state index contributed by atoms with van der Waals surface area (Å²) in [5.41, 5.74) is 5.82. The van der Waals surface area contributed by atoms with E-state index in [1.807, 2.05) is 0 Å². The van der Waals surface area contributed by atoms with E-state index in [1.54, 1.807) is 19.1 Å². The second kappa shape index (κ2) is 6.19. The van der Waals surface area contributed by atoms with Gasteiger partial charge in [-0.25, -0.2) is 0 Å². The highest BCUT2D eigenvalue weighted by molar-refractivity contribution is 6.34. The average molecular weight is 285 g/mol. The molecule has 0 spiro atoms. The maximum absolute atomic E-state index is 12.2. The largest absolute Gasteiger partial charge is 0.480 e. The Kier molecular flexibility index (Phi) is 4.88. The van der Waals surface area contributed by atoms with Crippen LogP contribution in [-0.2, 0) is 9.59 Å². The van der Waals surface area contributed by atoms with Gasteiger partial charge in [-0.2, -0.15) is 0 Å². The molecule has 0 atom stereocenters. The van der Waals surface area contributed by atoms with Crippen LogP contribution in [-0.4, -0.2) is 40.9 Å². The molecular weight excluding hydrogens is 272 g/mol. The second-order valence-electron chi connectivity index (χ2n) is 3.96. The van der Waals surface area contributed by atoms with Gasteiger partial charge in [0.15, 0.2) is 0 Å². The Morgan fingerprint density at radius 1 is 1.32 bits per heavy atom. The minimum absolute atomic E-state index is 0.143. The summed E-state index contributed by atoms with van der Waals surface area (Å²) in [6, 6.07) is 4.81. The van der Waals surface area contributed by atoms with E-state index in [1.165, 1.54) is 6.07 Å². The van der Waals surface area contributed by atoms with E-state index in [2.05, 4.69) is 0 Å². The lowest BCUT2D eigenvalue weighted by Crippen LogP contribution is -2.41. The van der Waals surface area contributed by atoms with Crippen LogP contribution in [0.5, 0.6) is 0 Å². The normalized spacial score (nSPS) is 10.0. The van der Waals surface area contributed by atoms with Crippen molar-refractivity contribution >= 4 is 29.4 Å². The molecule has 0 aliphatic rings. The number of hydrogen-bond donors (Lipinski definition) is 2. The molecule has 0 saturated heterocycles. The van der Waals surface area contributed by atoms with Crippen molar-refractivity contribution < 1.29 is 19.5 Å². The highest BCUT2D eigenvalue weighted by atomic mass is 35.5. The molecule has 0 saturated carbocycles. The average Bonchev–Trinajstić information content (AvgIpc) is 2.30. The molecule has 1 rings (SSSR count). The Hall–Kier alpha value is -2.08. The number of nitrogens with zero attached hydrogens (tertiary/aromatic N) is 1. The molecule has 6 nitrogen and oxygen atoms in total. The van der Waals surface area contributed by atoms with Gasteiger partial charge in [0.1, 0.15) is 13.1 Å². The molecule has 0 bridgehead atoms. The van der Waals surface area contributed by atoms with E-state index >= 15 is 0 Å². The van der Waals surface area contributed by atoms with Crippen molar-refractivity contribution in [2.75, 3.05) is 13.1 Å². The van der Waals surface area contributed by atoms with Crippen LogP contribution < -0.4 is 5.73 Å². The monoisotopic (exact) mass is 284 g/mol. The van der Waals surface area contributed by atoms with Gasteiger partial charge < -0.3 is 15.7 Å². The highest BCUT2D eigenvalue weighted by Gasteiger charge is 2.22. The number of nitrogens with two attached hydrogens (primary N) is 1. The number of rotatable bonds is 5. The van der Waals surface area contributed by atoms with E-state index in [0.29, 0.717) is 5.56 Å². The summed E-state index contributed by atoms with van der Waals surface area (Å²) in [6.45, 7) is 0.621. The van der Waals surface area contributed by atoms with Crippen LogP contribution >= 0.6 is 11.6 Å². The Labute approximate surface area is 114 Å². The molecule has 0 fully saturated rings. The maximum Gasteiger partial charge on any atom is 0.323 e. The molecule has 2 amide bonds. The van der Waals surface area contributed by atoms with E-state index in [-0.39, 0.29) is 10.6 Å². The van der Waals surface area contributed by atoms with Crippen molar-refractivity contribution in [3.63, 3.8) is 0 Å². The number of aryl methyl sites for hydroxylation is 1. The molecule has 0 aliphatic carbocycles. The summed E-state index contributed by atoms with van der Waals surface area (Å²) in [4.78, 5) is 34.6. The first-order valence-corrected chi connectivity index (χ1v) is 5.75. The fraction of sp³-hybridized carbons (Fsp3) is 0.250. The van der Waals surface area contributed by atoms with Crippen molar-refractivity contribution in [2.45, 2.75) is 6.92 Å². The lowest BCUT2D eigenvalue weighted by atomic mass is 10.1. The predicted octanol–water partition coefficient (Wildman–Crippen LogP) is 0.661. The van der Waals surface area contributed by atoms with Gasteiger partial charge in [-0.3, -0.25) is 14.4 Å². The van der Waals surface area contributed by atoms with Crippen LogP contribution in [0.25, 0.3) is 0 Å². The number of carbonyl (C=O) groups is 3. The standard InChI is InChI=1S/C12H13ClN2O4/c1-7-3-2-4-8(11(7)13)12(19)15(5-9(14)16)6-10(17)18/h2-4H,5-6H2,1H3,(H2,14,16)(H,17,18). The number of benzene rings is 1. The van der Waals surface area contributed by atoms with Gasteiger partial charge in [-0.05, 0) is 18.6 Å². The molecule has 0 heterocycles. The third-order valence-electron chi connectivity index (χ3n) is 2.38. The minimum atomic E-state index is -1.24. The molecule has 0 aliphatic heterocycles. The van der Waals surface area contributed by atoms with Crippen LogP contribution in [0.15, 0.2) is 18.2 Å². The van der Waals surface area contributed by atoms with Gasteiger partial charge >= 0.3 is 5.97 Å². The van der Waals surface area contributed by atoms with E-state index in [4.69, 9.17) is 22.4 Å². The Balaban J connectivity index is 3.07. The Morgan fingerprint density at radius 2 is 1.95 bits per heavy atom.